The first kappa shape index (κ1) is 14.8. The highest BCUT2D eigenvalue weighted by molar-refractivity contribution is 5.62. The lowest BCUT2D eigenvalue weighted by atomic mass is 10.1. The number of nitrogens with one attached hydrogen (secondary N) is 1. The number of hydrogen-bond acceptors (Lipinski definition) is 4. The molecule has 21 heavy (non-hydrogen) atoms. The first-order chi connectivity index (χ1) is 10.0. The van der Waals surface area contributed by atoms with Crippen molar-refractivity contribution in [3.05, 3.63) is 64.0 Å². The lowest BCUT2D eigenvalue weighted by molar-refractivity contribution is -0.384. The van der Waals surface area contributed by atoms with Crippen LogP contribution in [0.2, 0.25) is 0 Å². The van der Waals surface area contributed by atoms with Gasteiger partial charge in [0.1, 0.15) is 17.3 Å². The molecular weight excluding hydrogens is 275 g/mol. The molecule has 110 valence electrons. The van der Waals surface area contributed by atoms with Crippen LogP contribution in [0.25, 0.3) is 0 Å². The van der Waals surface area contributed by atoms with E-state index in [1.807, 2.05) is 31.2 Å². The Balaban J connectivity index is 2.26. The Hall–Kier alpha value is -2.63. The average Bonchev–Trinajstić information content (AvgIpc) is 2.48. The molecule has 0 saturated carbocycles. The van der Waals surface area contributed by atoms with Gasteiger partial charge >= 0.3 is 0 Å². The largest absolute Gasteiger partial charge is 0.497 e. The van der Waals surface area contributed by atoms with Gasteiger partial charge in [-0.15, -0.1) is 0 Å². The second kappa shape index (κ2) is 6.21. The highest BCUT2D eigenvalue weighted by Gasteiger charge is 2.17. The Kier molecular flexibility index (Phi) is 4.37. The zero-order valence-electron chi connectivity index (χ0n) is 11.7. The van der Waals surface area contributed by atoms with Gasteiger partial charge in [-0.2, -0.15) is 0 Å². The van der Waals surface area contributed by atoms with E-state index in [9.17, 15) is 14.5 Å². The van der Waals surface area contributed by atoms with Gasteiger partial charge in [0.15, 0.2) is 0 Å². The topological polar surface area (TPSA) is 64.4 Å². The minimum absolute atomic E-state index is 0.190. The first-order valence-electron chi connectivity index (χ1n) is 6.35. The van der Waals surface area contributed by atoms with Crippen molar-refractivity contribution in [2.24, 2.45) is 0 Å². The molecule has 1 N–H and O–H groups in total. The predicted octanol–water partition coefficient (Wildman–Crippen LogP) is 3.92. The maximum absolute atomic E-state index is 13.1. The summed E-state index contributed by atoms with van der Waals surface area (Å²) in [5.74, 6) is 0.0658. The summed E-state index contributed by atoms with van der Waals surface area (Å²) < 4.78 is 18.3. The molecule has 2 aromatic rings. The van der Waals surface area contributed by atoms with Gasteiger partial charge in [-0.05, 0) is 36.8 Å². The number of benzene rings is 2. The third-order valence-electron chi connectivity index (χ3n) is 3.12. The minimum Gasteiger partial charge on any atom is -0.497 e. The number of ether oxygens (including phenoxy) is 1. The van der Waals surface area contributed by atoms with Crippen LogP contribution in [0.4, 0.5) is 15.8 Å². The second-order valence-electron chi connectivity index (χ2n) is 4.56. The van der Waals surface area contributed by atoms with E-state index in [1.165, 1.54) is 12.1 Å². The van der Waals surface area contributed by atoms with Crippen molar-refractivity contribution < 1.29 is 14.1 Å². The normalized spacial score (nSPS) is 11.8. The van der Waals surface area contributed by atoms with E-state index in [1.54, 1.807) is 7.11 Å². The zero-order chi connectivity index (χ0) is 15.4. The Morgan fingerprint density at radius 1 is 1.29 bits per heavy atom. The lowest BCUT2D eigenvalue weighted by Gasteiger charge is -2.16. The summed E-state index contributed by atoms with van der Waals surface area (Å²) in [6, 6.07) is 10.6. The molecule has 5 nitrogen and oxygen atoms in total. The standard InChI is InChI=1S/C15H15FN2O3/c1-10(11-4-3-5-13(8-11)21-2)17-14-7-6-12(16)9-15(14)18(19)20/h3-10,17H,1-2H3. The molecule has 1 unspecified atom stereocenters. The van der Waals surface area contributed by atoms with Crippen molar-refractivity contribution in [1.29, 1.82) is 0 Å². The Morgan fingerprint density at radius 2 is 2.05 bits per heavy atom. The Labute approximate surface area is 121 Å². The molecule has 0 fully saturated rings. The van der Waals surface area contributed by atoms with Crippen LogP contribution in [0.15, 0.2) is 42.5 Å². The fourth-order valence-electron chi connectivity index (χ4n) is 2.01. The summed E-state index contributed by atoms with van der Waals surface area (Å²) in [7, 11) is 1.57. The number of anilines is 1. The molecule has 0 aliphatic rings. The molecule has 2 aromatic carbocycles. The maximum atomic E-state index is 13.1. The molecule has 0 heterocycles. The van der Waals surface area contributed by atoms with E-state index in [4.69, 9.17) is 4.74 Å². The van der Waals surface area contributed by atoms with Crippen molar-refractivity contribution in [1.82, 2.24) is 0 Å². The van der Waals surface area contributed by atoms with Gasteiger partial charge in [0, 0.05) is 6.04 Å². The van der Waals surface area contributed by atoms with E-state index in [2.05, 4.69) is 5.32 Å². The third-order valence-corrected chi connectivity index (χ3v) is 3.12. The van der Waals surface area contributed by atoms with E-state index in [-0.39, 0.29) is 17.4 Å². The number of methoxy groups -OCH3 is 1. The molecule has 0 radical (unpaired) electrons. The Bertz CT molecular complexity index is 661. The van der Waals surface area contributed by atoms with Crippen LogP contribution in [0, 0.1) is 15.9 Å². The third kappa shape index (κ3) is 3.47. The Morgan fingerprint density at radius 3 is 2.71 bits per heavy atom. The molecule has 2 rings (SSSR count). The molecule has 0 aliphatic heterocycles. The summed E-state index contributed by atoms with van der Waals surface area (Å²) in [6.07, 6.45) is 0. The molecule has 0 spiro atoms. The second-order valence-corrected chi connectivity index (χ2v) is 4.56. The molecular formula is C15H15FN2O3. The molecule has 1 atom stereocenters. The van der Waals surface area contributed by atoms with Crippen molar-refractivity contribution in [3.63, 3.8) is 0 Å². The summed E-state index contributed by atoms with van der Waals surface area (Å²) in [6.45, 7) is 1.86. The summed E-state index contributed by atoms with van der Waals surface area (Å²) in [5, 5.41) is 14.0. The van der Waals surface area contributed by atoms with Crippen LogP contribution in [0.5, 0.6) is 5.75 Å². The molecule has 0 saturated heterocycles. The van der Waals surface area contributed by atoms with E-state index < -0.39 is 10.7 Å². The quantitative estimate of drug-likeness (QED) is 0.669. The minimum atomic E-state index is -0.638. The van der Waals surface area contributed by atoms with Crippen LogP contribution in [0.3, 0.4) is 0 Å². The maximum Gasteiger partial charge on any atom is 0.295 e. The van der Waals surface area contributed by atoms with E-state index in [0.717, 1.165) is 11.6 Å². The predicted molar refractivity (Wildman–Crippen MR) is 78.1 cm³/mol. The summed E-state index contributed by atoms with van der Waals surface area (Å²) in [4.78, 5) is 10.4. The van der Waals surface area contributed by atoms with Crippen LogP contribution in [-0.4, -0.2) is 12.0 Å². The van der Waals surface area contributed by atoms with E-state index in [0.29, 0.717) is 5.75 Å². The van der Waals surface area contributed by atoms with Crippen LogP contribution in [0.1, 0.15) is 18.5 Å². The highest BCUT2D eigenvalue weighted by atomic mass is 19.1. The summed E-state index contributed by atoms with van der Waals surface area (Å²) in [5.41, 5.74) is 0.898. The molecule has 0 amide bonds. The number of nitro benzene ring substituents is 1. The number of halogens is 1. The fraction of sp³-hybridized carbons (Fsp3) is 0.200. The zero-order valence-corrected chi connectivity index (χ0v) is 11.7. The van der Waals surface area contributed by atoms with Crippen molar-refractivity contribution in [2.45, 2.75) is 13.0 Å². The number of nitrogens with zero attached hydrogens (tertiary/aromatic N) is 1. The van der Waals surface area contributed by atoms with Gasteiger partial charge in [0.25, 0.3) is 5.69 Å². The van der Waals surface area contributed by atoms with Gasteiger partial charge in [-0.1, -0.05) is 12.1 Å². The SMILES string of the molecule is COc1cccc(C(C)Nc2ccc(F)cc2[N+](=O)[O-])c1. The monoisotopic (exact) mass is 290 g/mol. The average molecular weight is 290 g/mol. The van der Waals surface area contributed by atoms with Crippen LogP contribution < -0.4 is 10.1 Å². The number of hydrogen-bond donors (Lipinski definition) is 1. The molecule has 0 aliphatic carbocycles. The number of nitro groups is 1. The van der Waals surface area contributed by atoms with Crippen molar-refractivity contribution in [2.75, 3.05) is 12.4 Å². The molecule has 6 heteroatoms. The number of rotatable bonds is 5. The fourth-order valence-corrected chi connectivity index (χ4v) is 2.01. The van der Waals surface area contributed by atoms with Crippen molar-refractivity contribution >= 4 is 11.4 Å². The van der Waals surface area contributed by atoms with Gasteiger partial charge < -0.3 is 10.1 Å². The smallest absolute Gasteiger partial charge is 0.295 e. The van der Waals surface area contributed by atoms with Crippen molar-refractivity contribution in [3.8, 4) is 5.75 Å². The first-order valence-corrected chi connectivity index (χ1v) is 6.35. The van der Waals surface area contributed by atoms with Gasteiger partial charge in [-0.3, -0.25) is 10.1 Å². The van der Waals surface area contributed by atoms with Gasteiger partial charge in [0.2, 0.25) is 0 Å². The lowest BCUT2D eigenvalue weighted by Crippen LogP contribution is -2.08. The van der Waals surface area contributed by atoms with Gasteiger partial charge in [0.05, 0.1) is 18.1 Å². The summed E-state index contributed by atoms with van der Waals surface area (Å²) >= 11 is 0. The van der Waals surface area contributed by atoms with Gasteiger partial charge in [-0.25, -0.2) is 4.39 Å². The van der Waals surface area contributed by atoms with Crippen LogP contribution >= 0.6 is 0 Å². The van der Waals surface area contributed by atoms with Crippen LogP contribution in [-0.2, 0) is 0 Å². The molecule has 0 bridgehead atoms. The highest BCUT2D eigenvalue weighted by Crippen LogP contribution is 2.29. The molecule has 0 aromatic heterocycles. The van der Waals surface area contributed by atoms with E-state index >= 15 is 0 Å².